The first-order valence-electron chi connectivity index (χ1n) is 4.62. The summed E-state index contributed by atoms with van der Waals surface area (Å²) in [5, 5.41) is 0. The van der Waals surface area contributed by atoms with Crippen molar-refractivity contribution >= 4 is 10.0 Å². The standard InChI is InChI=1S/C10H14NO2S/c1-2-3-9-11-14(12,13)10-7-5-4-6-8-10/h5-8,11H,2-3,9H2,1H3. The Morgan fingerprint density at radius 3 is 2.57 bits per heavy atom. The molecular weight excluding hydrogens is 198 g/mol. The van der Waals surface area contributed by atoms with Gasteiger partial charge in [-0.25, -0.2) is 13.1 Å². The van der Waals surface area contributed by atoms with E-state index >= 15 is 0 Å². The van der Waals surface area contributed by atoms with Crippen LogP contribution in [-0.2, 0) is 10.0 Å². The maximum absolute atomic E-state index is 11.6. The summed E-state index contributed by atoms with van der Waals surface area (Å²) in [7, 11) is -3.30. The lowest BCUT2D eigenvalue weighted by Gasteiger charge is -2.04. The summed E-state index contributed by atoms with van der Waals surface area (Å²) < 4.78 is 25.7. The molecule has 0 saturated carbocycles. The van der Waals surface area contributed by atoms with Crippen molar-refractivity contribution in [3.05, 3.63) is 30.3 Å². The minimum Gasteiger partial charge on any atom is -0.211 e. The average Bonchev–Trinajstić information content (AvgIpc) is 2.19. The molecule has 14 heavy (non-hydrogen) atoms. The largest absolute Gasteiger partial charge is 0.240 e. The van der Waals surface area contributed by atoms with Gasteiger partial charge in [0, 0.05) is 6.54 Å². The van der Waals surface area contributed by atoms with E-state index in [0.717, 1.165) is 12.8 Å². The van der Waals surface area contributed by atoms with Crippen LogP contribution in [0.4, 0.5) is 0 Å². The quantitative estimate of drug-likeness (QED) is 0.753. The molecule has 0 aliphatic heterocycles. The summed E-state index contributed by atoms with van der Waals surface area (Å²) in [6, 6.07) is 9.04. The molecule has 0 spiro atoms. The van der Waals surface area contributed by atoms with Crippen molar-refractivity contribution in [2.24, 2.45) is 0 Å². The third kappa shape index (κ3) is 3.12. The van der Waals surface area contributed by atoms with Gasteiger partial charge in [0.05, 0.1) is 4.90 Å². The molecule has 1 radical (unpaired) electrons. The minimum atomic E-state index is -3.30. The Balaban J connectivity index is 2.67. The molecule has 0 unspecified atom stereocenters. The molecule has 0 amide bonds. The third-order valence-corrected chi connectivity index (χ3v) is 3.30. The lowest BCUT2D eigenvalue weighted by Crippen LogP contribution is -2.24. The number of hydrogen-bond acceptors (Lipinski definition) is 2. The second-order valence-electron chi connectivity index (χ2n) is 2.99. The van der Waals surface area contributed by atoms with Gasteiger partial charge in [-0.05, 0) is 24.6 Å². The van der Waals surface area contributed by atoms with Gasteiger partial charge in [-0.2, -0.15) is 0 Å². The molecule has 0 aliphatic rings. The zero-order valence-corrected chi connectivity index (χ0v) is 8.97. The van der Waals surface area contributed by atoms with E-state index in [-0.39, 0.29) is 0 Å². The van der Waals surface area contributed by atoms with E-state index < -0.39 is 10.0 Å². The summed E-state index contributed by atoms with van der Waals surface area (Å²) >= 11 is 0. The number of unbranched alkanes of at least 4 members (excludes halogenated alkanes) is 1. The Hall–Kier alpha value is -0.870. The van der Waals surface area contributed by atoms with Gasteiger partial charge in [0.2, 0.25) is 10.0 Å². The molecule has 3 nitrogen and oxygen atoms in total. The molecule has 0 saturated heterocycles. The van der Waals surface area contributed by atoms with Gasteiger partial charge >= 0.3 is 0 Å². The van der Waals surface area contributed by atoms with Crippen LogP contribution in [0.25, 0.3) is 0 Å². The lowest BCUT2D eigenvalue weighted by atomic mass is 10.3. The SMILES string of the molecule is CCCCNS(=O)(=O)c1cc[c]cc1. The van der Waals surface area contributed by atoms with Crippen LogP contribution in [0.3, 0.4) is 0 Å². The monoisotopic (exact) mass is 212 g/mol. The van der Waals surface area contributed by atoms with Crippen LogP contribution >= 0.6 is 0 Å². The molecule has 0 aliphatic carbocycles. The topological polar surface area (TPSA) is 46.2 Å². The van der Waals surface area contributed by atoms with Crippen molar-refractivity contribution in [1.82, 2.24) is 4.72 Å². The van der Waals surface area contributed by atoms with E-state index in [0.29, 0.717) is 11.4 Å². The summed E-state index contributed by atoms with van der Waals surface area (Å²) in [5.74, 6) is 0. The van der Waals surface area contributed by atoms with Gasteiger partial charge in [0.1, 0.15) is 0 Å². The number of rotatable bonds is 5. The smallest absolute Gasteiger partial charge is 0.211 e. The lowest BCUT2D eigenvalue weighted by molar-refractivity contribution is 0.578. The second-order valence-corrected chi connectivity index (χ2v) is 4.75. The molecule has 0 atom stereocenters. The Kier molecular flexibility index (Phi) is 4.10. The molecule has 1 N–H and O–H groups in total. The van der Waals surface area contributed by atoms with Crippen molar-refractivity contribution in [2.75, 3.05) is 6.54 Å². The van der Waals surface area contributed by atoms with E-state index in [1.807, 2.05) is 6.92 Å². The number of benzene rings is 1. The Morgan fingerprint density at radius 2 is 2.00 bits per heavy atom. The van der Waals surface area contributed by atoms with Crippen LogP contribution in [0.2, 0.25) is 0 Å². The first-order valence-corrected chi connectivity index (χ1v) is 6.11. The first kappa shape index (κ1) is 11.2. The van der Waals surface area contributed by atoms with E-state index in [1.165, 1.54) is 12.1 Å². The van der Waals surface area contributed by atoms with Crippen molar-refractivity contribution in [3.63, 3.8) is 0 Å². The molecule has 0 aromatic heterocycles. The number of nitrogens with one attached hydrogen (secondary N) is 1. The maximum atomic E-state index is 11.6. The molecule has 1 aromatic carbocycles. The summed E-state index contributed by atoms with van der Waals surface area (Å²) in [6.45, 7) is 2.52. The van der Waals surface area contributed by atoms with Gasteiger partial charge in [0.15, 0.2) is 0 Å². The Bertz CT molecular complexity index is 359. The highest BCUT2D eigenvalue weighted by molar-refractivity contribution is 7.89. The highest BCUT2D eigenvalue weighted by Crippen LogP contribution is 2.06. The van der Waals surface area contributed by atoms with Gasteiger partial charge in [-0.1, -0.05) is 25.5 Å². The van der Waals surface area contributed by atoms with Gasteiger partial charge in [0.25, 0.3) is 0 Å². The van der Waals surface area contributed by atoms with Gasteiger partial charge in [-0.3, -0.25) is 0 Å². The molecule has 0 bridgehead atoms. The van der Waals surface area contributed by atoms with E-state index in [9.17, 15) is 8.42 Å². The molecule has 0 heterocycles. The predicted octanol–water partition coefficient (Wildman–Crippen LogP) is 1.57. The normalized spacial score (nSPS) is 11.5. The van der Waals surface area contributed by atoms with Crippen LogP contribution in [0.15, 0.2) is 29.2 Å². The third-order valence-electron chi connectivity index (χ3n) is 1.82. The molecular formula is C10H14NO2S. The van der Waals surface area contributed by atoms with Crippen LogP contribution < -0.4 is 4.72 Å². The number of hydrogen-bond donors (Lipinski definition) is 1. The second kappa shape index (κ2) is 5.12. The number of sulfonamides is 1. The summed E-state index contributed by atoms with van der Waals surface area (Å²) in [6.07, 6.45) is 1.84. The zero-order valence-electron chi connectivity index (χ0n) is 8.16. The van der Waals surface area contributed by atoms with Crippen LogP contribution in [0, 0.1) is 6.07 Å². The molecule has 4 heteroatoms. The van der Waals surface area contributed by atoms with Gasteiger partial charge < -0.3 is 0 Å². The van der Waals surface area contributed by atoms with Crippen LogP contribution in [0.1, 0.15) is 19.8 Å². The first-order chi connectivity index (χ1) is 6.67. The Labute approximate surface area is 85.2 Å². The van der Waals surface area contributed by atoms with Crippen molar-refractivity contribution in [2.45, 2.75) is 24.7 Å². The van der Waals surface area contributed by atoms with Crippen molar-refractivity contribution in [1.29, 1.82) is 0 Å². The fourth-order valence-corrected chi connectivity index (χ4v) is 2.09. The van der Waals surface area contributed by atoms with E-state index in [2.05, 4.69) is 10.8 Å². The maximum Gasteiger partial charge on any atom is 0.240 e. The molecule has 1 aromatic rings. The van der Waals surface area contributed by atoms with Crippen LogP contribution in [-0.4, -0.2) is 15.0 Å². The summed E-state index contributed by atoms with van der Waals surface area (Å²) in [5.41, 5.74) is 0. The van der Waals surface area contributed by atoms with Crippen molar-refractivity contribution in [3.8, 4) is 0 Å². The van der Waals surface area contributed by atoms with Crippen molar-refractivity contribution < 1.29 is 8.42 Å². The molecule has 77 valence electrons. The fourth-order valence-electron chi connectivity index (χ4n) is 1.02. The fraction of sp³-hybridized carbons (Fsp3) is 0.400. The van der Waals surface area contributed by atoms with Crippen LogP contribution in [0.5, 0.6) is 0 Å². The molecule has 1 rings (SSSR count). The highest BCUT2D eigenvalue weighted by atomic mass is 32.2. The van der Waals surface area contributed by atoms with E-state index in [1.54, 1.807) is 12.1 Å². The highest BCUT2D eigenvalue weighted by Gasteiger charge is 2.11. The zero-order chi connectivity index (χ0) is 10.4. The van der Waals surface area contributed by atoms with E-state index in [4.69, 9.17) is 0 Å². The predicted molar refractivity (Wildman–Crippen MR) is 55.4 cm³/mol. The summed E-state index contributed by atoms with van der Waals surface area (Å²) in [4.78, 5) is 0.298. The average molecular weight is 212 g/mol. The Morgan fingerprint density at radius 1 is 1.36 bits per heavy atom. The molecule has 0 fully saturated rings. The minimum absolute atomic E-state index is 0.298. The van der Waals surface area contributed by atoms with Gasteiger partial charge in [-0.15, -0.1) is 0 Å².